The predicted molar refractivity (Wildman–Crippen MR) is 60.1 cm³/mol. The molecule has 16 heavy (non-hydrogen) atoms. The number of rotatable bonds is 7. The first-order valence-corrected chi connectivity index (χ1v) is 5.49. The van der Waals surface area contributed by atoms with E-state index in [1.54, 1.807) is 11.5 Å². The van der Waals surface area contributed by atoms with Gasteiger partial charge in [-0.05, 0) is 6.42 Å². The van der Waals surface area contributed by atoms with Crippen LogP contribution in [0.4, 0.5) is 4.79 Å². The van der Waals surface area contributed by atoms with Crippen molar-refractivity contribution in [1.82, 2.24) is 15.7 Å². The second-order valence-corrected chi connectivity index (χ2v) is 3.51. The van der Waals surface area contributed by atoms with Crippen LogP contribution in [0, 0.1) is 0 Å². The lowest BCUT2D eigenvalue weighted by Crippen LogP contribution is -2.45. The zero-order valence-electron chi connectivity index (χ0n) is 9.56. The van der Waals surface area contributed by atoms with E-state index in [0.29, 0.717) is 6.54 Å². The van der Waals surface area contributed by atoms with Gasteiger partial charge in [0.1, 0.15) is 12.9 Å². The summed E-state index contributed by atoms with van der Waals surface area (Å²) in [7, 11) is 0. The topological polar surface area (TPSA) is 83.2 Å². The molecule has 1 amide bonds. The van der Waals surface area contributed by atoms with Crippen LogP contribution in [-0.2, 0) is 4.74 Å². The second kappa shape index (κ2) is 6.89. The summed E-state index contributed by atoms with van der Waals surface area (Å²) in [6.45, 7) is 3.83. The number of carbonyl (C=O) groups is 1. The van der Waals surface area contributed by atoms with E-state index in [-0.39, 0.29) is 6.61 Å². The van der Waals surface area contributed by atoms with Crippen molar-refractivity contribution in [1.29, 1.82) is 0 Å². The third kappa shape index (κ3) is 4.35. The van der Waals surface area contributed by atoms with Crippen molar-refractivity contribution in [2.75, 3.05) is 19.7 Å². The van der Waals surface area contributed by atoms with Gasteiger partial charge in [0.2, 0.25) is 0 Å². The minimum atomic E-state index is -0.752. The van der Waals surface area contributed by atoms with Gasteiger partial charge in [0.15, 0.2) is 0 Å². The molecule has 0 aromatic carbocycles. The molecule has 0 atom stereocenters. The largest absolute Gasteiger partial charge is 0.448 e. The monoisotopic (exact) mass is 229 g/mol. The Hall–Kier alpha value is -1.50. The average molecular weight is 229 g/mol. The highest BCUT2D eigenvalue weighted by Crippen LogP contribution is 2.02. The Balaban J connectivity index is 2.17. The number of nitrogens with one attached hydrogen (secondary N) is 1. The van der Waals surface area contributed by atoms with Gasteiger partial charge in [0, 0.05) is 6.54 Å². The van der Waals surface area contributed by atoms with Gasteiger partial charge in [0.25, 0.3) is 0 Å². The lowest BCUT2D eigenvalue weighted by atomic mass is 10.2. The summed E-state index contributed by atoms with van der Waals surface area (Å²) < 4.78 is 4.65. The van der Waals surface area contributed by atoms with Crippen LogP contribution < -0.4 is 11.3 Å². The molecule has 7 heteroatoms. The molecule has 1 rings (SSSR count). The zero-order valence-corrected chi connectivity index (χ0v) is 9.56. The number of unbranched alkanes of at least 4 members (excludes halogenated alkanes) is 2. The minimum Gasteiger partial charge on any atom is -0.448 e. The van der Waals surface area contributed by atoms with E-state index >= 15 is 0 Å². The van der Waals surface area contributed by atoms with Crippen LogP contribution in [0.25, 0.3) is 0 Å². The molecule has 1 heterocycles. The number of carbonyl (C=O) groups excluding carboxylic acids is 1. The van der Waals surface area contributed by atoms with Crippen LogP contribution in [0.15, 0.2) is 5.10 Å². The molecule has 1 aliphatic heterocycles. The number of hydrogen-bond donors (Lipinski definition) is 2. The predicted octanol–water partition coefficient (Wildman–Crippen LogP) is 0.252. The van der Waals surface area contributed by atoms with Gasteiger partial charge in [-0.15, -0.1) is 5.12 Å². The number of amides is 1. The Bertz CT molecular complexity index is 246. The third-order valence-corrected chi connectivity index (χ3v) is 2.21. The van der Waals surface area contributed by atoms with E-state index < -0.39 is 6.09 Å². The molecule has 0 radical (unpaired) electrons. The van der Waals surface area contributed by atoms with E-state index in [9.17, 15) is 4.79 Å². The van der Waals surface area contributed by atoms with Gasteiger partial charge >= 0.3 is 6.09 Å². The molecule has 1 aliphatic rings. The van der Waals surface area contributed by atoms with E-state index in [2.05, 4.69) is 22.3 Å². The van der Waals surface area contributed by atoms with Crippen LogP contribution in [0.2, 0.25) is 0 Å². The van der Waals surface area contributed by atoms with Crippen molar-refractivity contribution >= 4 is 12.4 Å². The Labute approximate surface area is 95.1 Å². The molecular weight excluding hydrogens is 210 g/mol. The van der Waals surface area contributed by atoms with Crippen molar-refractivity contribution < 1.29 is 9.53 Å². The number of hydrazine groups is 2. The molecule has 0 bridgehead atoms. The van der Waals surface area contributed by atoms with Crippen molar-refractivity contribution in [3.63, 3.8) is 0 Å². The number of ether oxygens (including phenoxy) is 1. The highest BCUT2D eigenvalue weighted by Gasteiger charge is 2.16. The average Bonchev–Trinajstić information content (AvgIpc) is 2.66. The van der Waals surface area contributed by atoms with E-state index in [0.717, 1.165) is 13.0 Å². The fourth-order valence-electron chi connectivity index (χ4n) is 1.39. The SMILES string of the molecule is CCCCCN1C=NNN1CCOC(N)=O. The molecule has 7 nitrogen and oxygen atoms in total. The fraction of sp³-hybridized carbons (Fsp3) is 0.778. The van der Waals surface area contributed by atoms with Gasteiger partial charge in [-0.1, -0.05) is 19.8 Å². The lowest BCUT2D eigenvalue weighted by molar-refractivity contribution is 0.0000538. The molecule has 0 aromatic heterocycles. The standard InChI is InChI=1S/C9H19N5O2/c1-2-3-4-5-13-8-11-12-14(13)6-7-16-9(10)15/h8,12H,2-7H2,1H3,(H2,10,15). The van der Waals surface area contributed by atoms with Gasteiger partial charge in [-0.2, -0.15) is 5.10 Å². The number of nitrogens with two attached hydrogens (primary N) is 1. The first-order valence-electron chi connectivity index (χ1n) is 5.49. The highest BCUT2D eigenvalue weighted by atomic mass is 16.5. The van der Waals surface area contributed by atoms with Crippen molar-refractivity contribution in [3.05, 3.63) is 0 Å². The molecule has 0 unspecified atom stereocenters. The fourth-order valence-corrected chi connectivity index (χ4v) is 1.39. The molecular formula is C9H19N5O2. The van der Waals surface area contributed by atoms with Crippen LogP contribution in [0.1, 0.15) is 26.2 Å². The first kappa shape index (κ1) is 12.6. The normalized spacial score (nSPS) is 15.2. The summed E-state index contributed by atoms with van der Waals surface area (Å²) >= 11 is 0. The van der Waals surface area contributed by atoms with Crippen LogP contribution in [-0.4, -0.2) is 42.3 Å². The van der Waals surface area contributed by atoms with Crippen LogP contribution >= 0.6 is 0 Å². The molecule has 0 saturated carbocycles. The zero-order chi connectivity index (χ0) is 11.8. The second-order valence-electron chi connectivity index (χ2n) is 3.51. The molecule has 3 N–H and O–H groups in total. The Kier molecular flexibility index (Phi) is 5.41. The lowest BCUT2D eigenvalue weighted by Gasteiger charge is -2.26. The number of hydrogen-bond acceptors (Lipinski definition) is 6. The molecule has 0 aliphatic carbocycles. The van der Waals surface area contributed by atoms with Gasteiger partial charge in [0.05, 0.1) is 6.54 Å². The van der Waals surface area contributed by atoms with E-state index in [4.69, 9.17) is 5.73 Å². The molecule has 0 spiro atoms. The first-order chi connectivity index (χ1) is 7.74. The summed E-state index contributed by atoms with van der Waals surface area (Å²) in [5.41, 5.74) is 7.67. The highest BCUT2D eigenvalue weighted by molar-refractivity contribution is 5.64. The quantitative estimate of drug-likeness (QED) is 0.611. The van der Waals surface area contributed by atoms with Gasteiger partial charge in [-0.3, -0.25) is 5.01 Å². The molecule has 0 saturated heterocycles. The van der Waals surface area contributed by atoms with Gasteiger partial charge < -0.3 is 10.5 Å². The maximum absolute atomic E-state index is 10.4. The smallest absolute Gasteiger partial charge is 0.404 e. The van der Waals surface area contributed by atoms with Crippen LogP contribution in [0.3, 0.4) is 0 Å². The van der Waals surface area contributed by atoms with Crippen LogP contribution in [0.5, 0.6) is 0 Å². The Morgan fingerprint density at radius 2 is 2.31 bits per heavy atom. The summed E-state index contributed by atoms with van der Waals surface area (Å²) in [5.74, 6) is 0. The summed E-state index contributed by atoms with van der Waals surface area (Å²) in [6, 6.07) is 0. The molecule has 0 aromatic rings. The van der Waals surface area contributed by atoms with Crippen molar-refractivity contribution in [2.24, 2.45) is 10.8 Å². The van der Waals surface area contributed by atoms with E-state index in [1.807, 2.05) is 5.01 Å². The van der Waals surface area contributed by atoms with Crippen molar-refractivity contribution in [3.8, 4) is 0 Å². The van der Waals surface area contributed by atoms with Gasteiger partial charge in [-0.25, -0.2) is 10.3 Å². The minimum absolute atomic E-state index is 0.246. The number of primary amides is 1. The molecule has 0 fully saturated rings. The maximum Gasteiger partial charge on any atom is 0.404 e. The number of nitrogens with zero attached hydrogens (tertiary/aromatic N) is 3. The summed E-state index contributed by atoms with van der Waals surface area (Å²) in [4.78, 5) is 10.4. The molecule has 92 valence electrons. The Morgan fingerprint density at radius 3 is 3.00 bits per heavy atom. The van der Waals surface area contributed by atoms with Crippen molar-refractivity contribution in [2.45, 2.75) is 26.2 Å². The maximum atomic E-state index is 10.4. The third-order valence-electron chi connectivity index (χ3n) is 2.21. The Morgan fingerprint density at radius 1 is 1.50 bits per heavy atom. The summed E-state index contributed by atoms with van der Waals surface area (Å²) in [5, 5.41) is 7.68. The number of hydrazone groups is 1. The van der Waals surface area contributed by atoms with E-state index in [1.165, 1.54) is 12.8 Å². The summed E-state index contributed by atoms with van der Waals surface area (Å²) in [6.07, 6.45) is 4.45.